The van der Waals surface area contributed by atoms with Crippen LogP contribution in [-0.4, -0.2) is 82.8 Å². The van der Waals surface area contributed by atoms with E-state index in [1.807, 2.05) is 28.8 Å². The molecule has 238 valence electrons. The molecule has 9 heteroatoms. The highest BCUT2D eigenvalue weighted by molar-refractivity contribution is 6.11. The Bertz CT molecular complexity index is 1620. The number of methoxy groups -OCH3 is 4. The molecule has 0 N–H and O–H groups in total. The van der Waals surface area contributed by atoms with Crippen LogP contribution in [0.4, 0.5) is 0 Å². The Morgan fingerprint density at radius 1 is 0.600 bits per heavy atom. The molecule has 9 nitrogen and oxygen atoms in total. The first-order chi connectivity index (χ1) is 21.5. The van der Waals surface area contributed by atoms with E-state index in [1.165, 1.54) is 20.9 Å². The zero-order chi connectivity index (χ0) is 33.0. The number of carbonyl (C=O) groups excluding carboxylic acids is 2. The number of aryl methyl sites for hydroxylation is 3. The number of carbonyl (C=O) groups is 2. The van der Waals surface area contributed by atoms with E-state index < -0.39 is 0 Å². The molecule has 0 unspecified atom stereocenters. The summed E-state index contributed by atoms with van der Waals surface area (Å²) in [6.07, 6.45) is 0.605. The lowest BCUT2D eigenvalue weighted by molar-refractivity contribution is 0.0808. The molecule has 0 aliphatic rings. The number of hydrogen-bond donors (Lipinski definition) is 0. The van der Waals surface area contributed by atoms with E-state index in [0.717, 1.165) is 5.56 Å². The molecule has 1 heterocycles. The Hall–Kier alpha value is -4.92. The van der Waals surface area contributed by atoms with Crippen LogP contribution in [0.1, 0.15) is 37.7 Å². The van der Waals surface area contributed by atoms with Gasteiger partial charge in [0.1, 0.15) is 11.4 Å². The summed E-state index contributed by atoms with van der Waals surface area (Å²) in [5.41, 5.74) is 6.89. The average molecular weight is 614 g/mol. The number of benzene rings is 3. The summed E-state index contributed by atoms with van der Waals surface area (Å²) in [6, 6.07) is 17.4. The van der Waals surface area contributed by atoms with Crippen LogP contribution in [0.15, 0.2) is 54.6 Å². The first-order valence-electron chi connectivity index (χ1n) is 14.7. The van der Waals surface area contributed by atoms with Crippen molar-refractivity contribution in [3.05, 3.63) is 82.7 Å². The number of nitrogens with zero attached hydrogens (tertiary/aromatic N) is 3. The van der Waals surface area contributed by atoms with Gasteiger partial charge in [0.05, 0.1) is 28.4 Å². The maximum Gasteiger partial charge on any atom is 0.270 e. The molecule has 0 radical (unpaired) electrons. The van der Waals surface area contributed by atoms with Gasteiger partial charge in [0.25, 0.3) is 11.8 Å². The van der Waals surface area contributed by atoms with Crippen molar-refractivity contribution in [3.63, 3.8) is 0 Å². The SMILES string of the molecule is COc1ccc(-c2c(-c3ccc(OC)c(OC)c3)c(C(=O)N(C)C)n(CCc3ccc(C)c(C)c3)c2C(=O)N(C)C)cc1OC. The van der Waals surface area contributed by atoms with Crippen molar-refractivity contribution in [3.8, 4) is 45.3 Å². The monoisotopic (exact) mass is 613 g/mol. The summed E-state index contributed by atoms with van der Waals surface area (Å²) in [4.78, 5) is 31.6. The molecule has 4 aromatic rings. The van der Waals surface area contributed by atoms with Gasteiger partial charge < -0.3 is 33.3 Å². The van der Waals surface area contributed by atoms with Gasteiger partial charge in [-0.3, -0.25) is 9.59 Å². The Morgan fingerprint density at radius 3 is 1.42 bits per heavy atom. The maximum absolute atomic E-state index is 14.2. The second-order valence-electron chi connectivity index (χ2n) is 11.3. The van der Waals surface area contributed by atoms with Gasteiger partial charge in [-0.15, -0.1) is 0 Å². The largest absolute Gasteiger partial charge is 0.493 e. The molecule has 0 aliphatic heterocycles. The predicted molar refractivity (Wildman–Crippen MR) is 177 cm³/mol. The van der Waals surface area contributed by atoms with Crippen molar-refractivity contribution in [2.24, 2.45) is 0 Å². The molecule has 0 aliphatic carbocycles. The zero-order valence-electron chi connectivity index (χ0n) is 27.9. The molecule has 0 spiro atoms. The third kappa shape index (κ3) is 6.48. The van der Waals surface area contributed by atoms with Crippen LogP contribution in [-0.2, 0) is 13.0 Å². The third-order valence-corrected chi connectivity index (χ3v) is 8.02. The Kier molecular flexibility index (Phi) is 10.1. The van der Waals surface area contributed by atoms with Crippen LogP contribution in [0.2, 0.25) is 0 Å². The number of rotatable bonds is 11. The normalized spacial score (nSPS) is 10.8. The summed E-state index contributed by atoms with van der Waals surface area (Å²) in [5, 5.41) is 0. The van der Waals surface area contributed by atoms with Gasteiger partial charge in [-0.05, 0) is 72.4 Å². The third-order valence-electron chi connectivity index (χ3n) is 8.02. The fraction of sp³-hybridized carbons (Fsp3) is 0.333. The van der Waals surface area contributed by atoms with Crippen LogP contribution < -0.4 is 18.9 Å². The highest BCUT2D eigenvalue weighted by Gasteiger charge is 2.34. The minimum atomic E-state index is -0.237. The minimum Gasteiger partial charge on any atom is -0.493 e. The van der Waals surface area contributed by atoms with E-state index in [-0.39, 0.29) is 11.8 Å². The molecule has 3 aromatic carbocycles. The highest BCUT2D eigenvalue weighted by Crippen LogP contribution is 2.45. The first kappa shape index (κ1) is 33.0. The van der Waals surface area contributed by atoms with Gasteiger partial charge in [0, 0.05) is 45.9 Å². The van der Waals surface area contributed by atoms with Crippen molar-refractivity contribution in [2.75, 3.05) is 56.6 Å². The second kappa shape index (κ2) is 13.8. The number of aromatic nitrogens is 1. The van der Waals surface area contributed by atoms with Crippen LogP contribution >= 0.6 is 0 Å². The topological polar surface area (TPSA) is 82.5 Å². The maximum atomic E-state index is 14.2. The number of ether oxygens (including phenoxy) is 4. The molecule has 0 atom stereocenters. The fourth-order valence-corrected chi connectivity index (χ4v) is 5.46. The zero-order valence-corrected chi connectivity index (χ0v) is 27.9. The molecular weight excluding hydrogens is 570 g/mol. The molecule has 0 saturated heterocycles. The van der Waals surface area contributed by atoms with Crippen molar-refractivity contribution >= 4 is 11.8 Å². The fourth-order valence-electron chi connectivity index (χ4n) is 5.46. The van der Waals surface area contributed by atoms with Crippen LogP contribution in [0.5, 0.6) is 23.0 Å². The minimum absolute atomic E-state index is 0.237. The highest BCUT2D eigenvalue weighted by atomic mass is 16.5. The van der Waals surface area contributed by atoms with Gasteiger partial charge in [0.2, 0.25) is 0 Å². The summed E-state index contributed by atoms with van der Waals surface area (Å²) in [5.74, 6) is 1.62. The molecule has 2 amide bonds. The Balaban J connectivity index is 2.16. The summed E-state index contributed by atoms with van der Waals surface area (Å²) < 4.78 is 24.3. The van der Waals surface area contributed by atoms with Crippen molar-refractivity contribution in [2.45, 2.75) is 26.8 Å². The van der Waals surface area contributed by atoms with Crippen molar-refractivity contribution in [1.82, 2.24) is 14.4 Å². The lowest BCUT2D eigenvalue weighted by Crippen LogP contribution is -2.29. The van der Waals surface area contributed by atoms with Gasteiger partial charge in [-0.1, -0.05) is 30.3 Å². The lowest BCUT2D eigenvalue weighted by atomic mass is 9.93. The van der Waals surface area contributed by atoms with E-state index in [2.05, 4.69) is 32.0 Å². The van der Waals surface area contributed by atoms with Crippen LogP contribution in [0, 0.1) is 13.8 Å². The quantitative estimate of drug-likeness (QED) is 0.203. The Labute approximate surface area is 265 Å². The molecule has 45 heavy (non-hydrogen) atoms. The average Bonchev–Trinajstić information content (AvgIpc) is 3.38. The molecule has 1 aromatic heterocycles. The summed E-state index contributed by atoms with van der Waals surface area (Å²) in [6.45, 7) is 4.55. The summed E-state index contributed by atoms with van der Waals surface area (Å²) in [7, 11) is 13.1. The first-order valence-corrected chi connectivity index (χ1v) is 14.7. The molecular formula is C36H43N3O6. The van der Waals surface area contributed by atoms with Crippen molar-refractivity contribution < 1.29 is 28.5 Å². The Morgan fingerprint density at radius 2 is 1.04 bits per heavy atom. The predicted octanol–water partition coefficient (Wildman–Crippen LogP) is 6.12. The molecule has 0 saturated carbocycles. The van der Waals surface area contributed by atoms with E-state index in [9.17, 15) is 9.59 Å². The second-order valence-corrected chi connectivity index (χ2v) is 11.3. The van der Waals surface area contributed by atoms with Crippen molar-refractivity contribution in [1.29, 1.82) is 0 Å². The van der Waals surface area contributed by atoms with E-state index in [0.29, 0.717) is 69.6 Å². The molecule has 0 fully saturated rings. The summed E-state index contributed by atoms with van der Waals surface area (Å²) >= 11 is 0. The van der Waals surface area contributed by atoms with Crippen LogP contribution in [0.25, 0.3) is 22.3 Å². The van der Waals surface area contributed by atoms with Gasteiger partial charge in [0.15, 0.2) is 23.0 Å². The van der Waals surface area contributed by atoms with E-state index in [1.54, 1.807) is 68.8 Å². The standard InChI is InChI=1S/C36H43N3O6/c1-22-11-12-24(19-23(22)2)17-18-39-33(35(40)37(3)4)31(25-13-15-27(42-7)29(20-25)44-9)32(34(39)36(41)38(5)6)26-14-16-28(43-8)30(21-26)45-10/h11-16,19-21H,17-18H2,1-10H3. The lowest BCUT2D eigenvalue weighted by Gasteiger charge is -2.19. The van der Waals surface area contributed by atoms with Crippen LogP contribution in [0.3, 0.4) is 0 Å². The van der Waals surface area contributed by atoms with Gasteiger partial charge in [-0.25, -0.2) is 0 Å². The number of amides is 2. The van der Waals surface area contributed by atoms with Gasteiger partial charge in [-0.2, -0.15) is 0 Å². The smallest absolute Gasteiger partial charge is 0.270 e. The van der Waals surface area contributed by atoms with E-state index in [4.69, 9.17) is 18.9 Å². The molecule has 4 rings (SSSR count). The van der Waals surface area contributed by atoms with E-state index >= 15 is 0 Å². The number of hydrogen-bond acceptors (Lipinski definition) is 6. The molecule has 0 bridgehead atoms. The van der Waals surface area contributed by atoms with Gasteiger partial charge >= 0.3 is 0 Å².